The van der Waals surface area contributed by atoms with Gasteiger partial charge in [0.05, 0.1) is 0 Å². The van der Waals surface area contributed by atoms with Gasteiger partial charge in [-0.2, -0.15) is 11.8 Å². The highest BCUT2D eigenvalue weighted by Crippen LogP contribution is 2.29. The summed E-state index contributed by atoms with van der Waals surface area (Å²) in [6, 6.07) is 7.50. The Hall–Kier alpha value is -1.36. The fourth-order valence-corrected chi connectivity index (χ4v) is 3.61. The van der Waals surface area contributed by atoms with Gasteiger partial charge in [0.25, 0.3) is 0 Å². The van der Waals surface area contributed by atoms with Gasteiger partial charge in [0, 0.05) is 30.1 Å². The van der Waals surface area contributed by atoms with Crippen LogP contribution in [-0.4, -0.2) is 46.2 Å². The van der Waals surface area contributed by atoms with E-state index in [1.165, 1.54) is 5.56 Å². The number of amides is 2. The minimum Gasteiger partial charge on any atom is -0.508 e. The van der Waals surface area contributed by atoms with Crippen molar-refractivity contribution < 1.29 is 9.90 Å². The number of nitrogens with zero attached hydrogens (tertiary/aromatic N) is 1. The molecule has 0 atom stereocenters. The third kappa shape index (κ3) is 5.98. The molecule has 0 unspecified atom stereocenters. The van der Waals surface area contributed by atoms with Crippen LogP contribution < -0.4 is 5.32 Å². The highest BCUT2D eigenvalue weighted by molar-refractivity contribution is 8.00. The minimum absolute atomic E-state index is 0.0589. The number of urea groups is 1. The van der Waals surface area contributed by atoms with E-state index in [1.54, 1.807) is 12.1 Å². The normalized spacial score (nSPS) is 16.4. The standard InChI is InChI=1S/C18H28N2O2S/c1-18(2,3)23-13-10-19-17(22)20-11-8-15(9-12-20)14-4-6-16(21)7-5-14/h4-7,15,21H,8-13H2,1-3H3,(H,19,22). The van der Waals surface area contributed by atoms with Crippen molar-refractivity contribution in [3.63, 3.8) is 0 Å². The number of nitrogens with one attached hydrogen (secondary N) is 1. The molecule has 4 nitrogen and oxygen atoms in total. The molecule has 0 aliphatic carbocycles. The van der Waals surface area contributed by atoms with Crippen molar-refractivity contribution in [1.82, 2.24) is 10.2 Å². The lowest BCUT2D eigenvalue weighted by molar-refractivity contribution is 0.182. The van der Waals surface area contributed by atoms with Gasteiger partial charge in [-0.1, -0.05) is 32.9 Å². The number of piperidine rings is 1. The molecular weight excluding hydrogens is 308 g/mol. The number of benzene rings is 1. The predicted molar refractivity (Wildman–Crippen MR) is 97.3 cm³/mol. The largest absolute Gasteiger partial charge is 0.508 e. The first-order valence-corrected chi connectivity index (χ1v) is 9.29. The molecule has 1 saturated heterocycles. The lowest BCUT2D eigenvalue weighted by Gasteiger charge is -2.32. The molecule has 1 aliphatic heterocycles. The van der Waals surface area contributed by atoms with Gasteiger partial charge in [0.15, 0.2) is 0 Å². The van der Waals surface area contributed by atoms with Crippen LogP contribution in [0.3, 0.4) is 0 Å². The molecule has 1 aromatic rings. The van der Waals surface area contributed by atoms with Gasteiger partial charge in [-0.15, -0.1) is 0 Å². The van der Waals surface area contributed by atoms with Gasteiger partial charge < -0.3 is 15.3 Å². The van der Waals surface area contributed by atoms with E-state index in [0.29, 0.717) is 11.7 Å². The summed E-state index contributed by atoms with van der Waals surface area (Å²) in [5.41, 5.74) is 1.25. The summed E-state index contributed by atoms with van der Waals surface area (Å²) in [5.74, 6) is 1.73. The van der Waals surface area contributed by atoms with Crippen LogP contribution in [0, 0.1) is 0 Å². The highest BCUT2D eigenvalue weighted by Gasteiger charge is 2.23. The summed E-state index contributed by atoms with van der Waals surface area (Å²) in [6.07, 6.45) is 1.96. The van der Waals surface area contributed by atoms with Gasteiger partial charge in [-0.3, -0.25) is 0 Å². The number of aromatic hydroxyl groups is 1. The van der Waals surface area contributed by atoms with Gasteiger partial charge in [0.2, 0.25) is 0 Å². The van der Waals surface area contributed by atoms with E-state index >= 15 is 0 Å². The first-order valence-electron chi connectivity index (χ1n) is 8.31. The van der Waals surface area contributed by atoms with E-state index in [0.717, 1.165) is 38.2 Å². The molecule has 1 fully saturated rings. The monoisotopic (exact) mass is 336 g/mol. The van der Waals surface area contributed by atoms with Crippen molar-refractivity contribution in [2.75, 3.05) is 25.4 Å². The first kappa shape index (κ1) is 18.0. The molecule has 23 heavy (non-hydrogen) atoms. The number of rotatable bonds is 4. The Morgan fingerprint density at radius 1 is 1.26 bits per heavy atom. The predicted octanol–water partition coefficient (Wildman–Crippen LogP) is 3.81. The molecule has 2 rings (SSSR count). The van der Waals surface area contributed by atoms with Crippen molar-refractivity contribution >= 4 is 17.8 Å². The number of likely N-dealkylation sites (tertiary alicyclic amines) is 1. The third-order valence-electron chi connectivity index (χ3n) is 4.06. The molecule has 0 radical (unpaired) electrons. The lowest BCUT2D eigenvalue weighted by Crippen LogP contribution is -2.44. The van der Waals surface area contributed by atoms with Crippen molar-refractivity contribution in [3.05, 3.63) is 29.8 Å². The van der Waals surface area contributed by atoms with Crippen molar-refractivity contribution in [1.29, 1.82) is 0 Å². The number of hydrogen-bond donors (Lipinski definition) is 2. The van der Waals surface area contributed by atoms with Crippen LogP contribution in [0.5, 0.6) is 5.75 Å². The molecular formula is C18H28N2O2S. The zero-order valence-corrected chi connectivity index (χ0v) is 15.2. The molecule has 5 heteroatoms. The summed E-state index contributed by atoms with van der Waals surface area (Å²) in [7, 11) is 0. The fraction of sp³-hybridized carbons (Fsp3) is 0.611. The van der Waals surface area contributed by atoms with Crippen LogP contribution in [0.15, 0.2) is 24.3 Å². The molecule has 1 aromatic carbocycles. The molecule has 2 amide bonds. The van der Waals surface area contributed by atoms with Crippen LogP contribution in [0.25, 0.3) is 0 Å². The SMILES string of the molecule is CC(C)(C)SCCNC(=O)N1CCC(c2ccc(O)cc2)CC1. The van der Waals surface area contributed by atoms with Crippen LogP contribution in [-0.2, 0) is 0 Å². The van der Waals surface area contributed by atoms with E-state index in [4.69, 9.17) is 0 Å². The van der Waals surface area contributed by atoms with Crippen LogP contribution in [0.1, 0.15) is 45.1 Å². The second-order valence-corrected chi connectivity index (χ2v) is 8.97. The Labute approximate surface area is 143 Å². The third-order valence-corrected chi connectivity index (χ3v) is 5.33. The maximum absolute atomic E-state index is 12.2. The molecule has 0 saturated carbocycles. The summed E-state index contributed by atoms with van der Waals surface area (Å²) < 4.78 is 0.243. The average molecular weight is 337 g/mol. The van der Waals surface area contributed by atoms with Crippen LogP contribution >= 0.6 is 11.8 Å². The smallest absolute Gasteiger partial charge is 0.317 e. The maximum atomic E-state index is 12.2. The van der Waals surface area contributed by atoms with Crippen LogP contribution in [0.2, 0.25) is 0 Å². The average Bonchev–Trinajstić information content (AvgIpc) is 2.51. The summed E-state index contributed by atoms with van der Waals surface area (Å²) in [4.78, 5) is 14.1. The molecule has 0 bridgehead atoms. The minimum atomic E-state index is 0.0589. The van der Waals surface area contributed by atoms with E-state index < -0.39 is 0 Å². The summed E-state index contributed by atoms with van der Waals surface area (Å²) in [6.45, 7) is 8.88. The molecule has 1 aliphatic rings. The quantitative estimate of drug-likeness (QED) is 0.822. The summed E-state index contributed by atoms with van der Waals surface area (Å²) in [5, 5.41) is 12.4. The lowest BCUT2D eigenvalue weighted by atomic mass is 9.89. The van der Waals surface area contributed by atoms with E-state index in [9.17, 15) is 9.90 Å². The fourth-order valence-electron chi connectivity index (χ4n) is 2.79. The number of phenolic OH excluding ortho intramolecular Hbond substituents is 1. The Bertz CT molecular complexity index is 503. The summed E-state index contributed by atoms with van der Waals surface area (Å²) >= 11 is 1.87. The Morgan fingerprint density at radius 3 is 2.43 bits per heavy atom. The van der Waals surface area contributed by atoms with E-state index in [1.807, 2.05) is 28.8 Å². The molecule has 0 aromatic heterocycles. The van der Waals surface area contributed by atoms with Gasteiger partial charge in [-0.05, 0) is 36.5 Å². The Morgan fingerprint density at radius 2 is 1.87 bits per heavy atom. The molecule has 2 N–H and O–H groups in total. The Balaban J connectivity index is 1.71. The highest BCUT2D eigenvalue weighted by atomic mass is 32.2. The van der Waals surface area contributed by atoms with Gasteiger partial charge in [-0.25, -0.2) is 4.79 Å². The van der Waals surface area contributed by atoms with Gasteiger partial charge in [0.1, 0.15) is 5.75 Å². The molecule has 0 spiro atoms. The number of carbonyl (C=O) groups is 1. The van der Waals surface area contributed by atoms with Gasteiger partial charge >= 0.3 is 6.03 Å². The topological polar surface area (TPSA) is 52.6 Å². The number of hydrogen-bond acceptors (Lipinski definition) is 3. The Kier molecular flexibility index (Phi) is 6.22. The number of phenols is 1. The second-order valence-electron chi connectivity index (χ2n) is 7.05. The van der Waals surface area contributed by atoms with Crippen molar-refractivity contribution in [2.24, 2.45) is 0 Å². The zero-order chi connectivity index (χ0) is 16.9. The number of carbonyl (C=O) groups excluding carboxylic acids is 1. The van der Waals surface area contributed by atoms with E-state index in [-0.39, 0.29) is 10.8 Å². The molecule has 128 valence electrons. The van der Waals surface area contributed by atoms with Crippen LogP contribution in [0.4, 0.5) is 4.79 Å². The first-order chi connectivity index (χ1) is 10.8. The van der Waals surface area contributed by atoms with Crippen molar-refractivity contribution in [2.45, 2.75) is 44.3 Å². The zero-order valence-electron chi connectivity index (χ0n) is 14.3. The molecule has 1 heterocycles. The maximum Gasteiger partial charge on any atom is 0.317 e. The second kappa shape index (κ2) is 7.95. The van der Waals surface area contributed by atoms with Crippen molar-refractivity contribution in [3.8, 4) is 5.75 Å². The number of thioether (sulfide) groups is 1. The van der Waals surface area contributed by atoms with E-state index in [2.05, 4.69) is 26.1 Å².